The molecule has 0 spiro atoms. The van der Waals surface area contributed by atoms with Crippen LogP contribution < -0.4 is 5.32 Å². The van der Waals surface area contributed by atoms with Crippen LogP contribution in [0, 0.1) is 11.8 Å². The van der Waals surface area contributed by atoms with E-state index in [4.69, 9.17) is 5.11 Å². The van der Waals surface area contributed by atoms with Crippen LogP contribution >= 0.6 is 0 Å². The van der Waals surface area contributed by atoms with Gasteiger partial charge in [-0.25, -0.2) is 0 Å². The maximum atomic E-state index is 12.9. The number of ketones is 1. The SMILES string of the molecule is CCCC(C(C)=O)C1CC1c1ccc(O)cc1.CCNc1ccc(C(C)CO)c(C(F)(F)F)c1. The predicted octanol–water partition coefficient (Wildman–Crippen LogP) is 6.73. The number of carbonyl (C=O) groups is 1. The first-order chi connectivity index (χ1) is 16.0. The molecule has 7 heteroatoms. The molecule has 0 bridgehead atoms. The van der Waals surface area contributed by atoms with Crippen molar-refractivity contribution >= 4 is 11.5 Å². The molecule has 34 heavy (non-hydrogen) atoms. The number of anilines is 1. The van der Waals surface area contributed by atoms with Crippen LogP contribution in [0.15, 0.2) is 42.5 Å². The molecule has 4 atom stereocenters. The van der Waals surface area contributed by atoms with Crippen molar-refractivity contribution in [3.05, 3.63) is 59.2 Å². The number of aliphatic hydroxyl groups is 1. The van der Waals surface area contributed by atoms with Gasteiger partial charge in [-0.05, 0) is 73.9 Å². The fraction of sp³-hybridized carbons (Fsp3) is 0.519. The molecule has 0 saturated heterocycles. The number of benzene rings is 2. The van der Waals surface area contributed by atoms with Crippen molar-refractivity contribution < 1.29 is 28.2 Å². The van der Waals surface area contributed by atoms with Gasteiger partial charge < -0.3 is 15.5 Å². The highest BCUT2D eigenvalue weighted by Crippen LogP contribution is 2.53. The molecular formula is C27H36F3NO3. The second-order valence-corrected chi connectivity index (χ2v) is 9.02. The monoisotopic (exact) mass is 479 g/mol. The van der Waals surface area contributed by atoms with Gasteiger partial charge in [0.1, 0.15) is 11.5 Å². The number of alkyl halides is 3. The quantitative estimate of drug-likeness (QED) is 0.373. The minimum absolute atomic E-state index is 0.127. The number of phenols is 1. The van der Waals surface area contributed by atoms with Gasteiger partial charge in [0.2, 0.25) is 0 Å². The van der Waals surface area contributed by atoms with Crippen LogP contribution in [-0.2, 0) is 11.0 Å². The Hall–Kier alpha value is -2.54. The Morgan fingerprint density at radius 1 is 1.15 bits per heavy atom. The molecule has 0 aromatic heterocycles. The first-order valence-electron chi connectivity index (χ1n) is 11.9. The first kappa shape index (κ1) is 27.7. The number of aromatic hydroxyl groups is 1. The molecule has 0 heterocycles. The van der Waals surface area contributed by atoms with E-state index in [-0.39, 0.29) is 18.1 Å². The number of Topliss-reactive ketones (excluding diaryl/α,β-unsaturated/α-hetero) is 1. The van der Waals surface area contributed by atoms with Gasteiger partial charge in [-0.2, -0.15) is 13.2 Å². The second kappa shape index (κ2) is 12.2. The zero-order valence-corrected chi connectivity index (χ0v) is 20.3. The molecule has 4 unspecified atom stereocenters. The molecule has 1 fully saturated rings. The van der Waals surface area contributed by atoms with Crippen molar-refractivity contribution in [1.29, 1.82) is 0 Å². The van der Waals surface area contributed by atoms with E-state index in [1.165, 1.54) is 11.6 Å². The maximum absolute atomic E-state index is 12.9. The zero-order valence-electron chi connectivity index (χ0n) is 20.3. The average Bonchev–Trinajstić information content (AvgIpc) is 3.57. The van der Waals surface area contributed by atoms with Crippen molar-refractivity contribution in [1.82, 2.24) is 0 Å². The number of hydrogen-bond donors (Lipinski definition) is 3. The first-order valence-corrected chi connectivity index (χ1v) is 11.9. The lowest BCUT2D eigenvalue weighted by Crippen LogP contribution is -2.13. The van der Waals surface area contributed by atoms with Gasteiger partial charge in [-0.1, -0.05) is 38.5 Å². The molecule has 0 radical (unpaired) electrons. The minimum Gasteiger partial charge on any atom is -0.508 e. The summed E-state index contributed by atoms with van der Waals surface area (Å²) in [7, 11) is 0. The van der Waals surface area contributed by atoms with E-state index in [1.54, 1.807) is 32.0 Å². The summed E-state index contributed by atoms with van der Waals surface area (Å²) in [5.74, 6) is 1.40. The van der Waals surface area contributed by atoms with Gasteiger partial charge in [0.05, 0.1) is 5.56 Å². The number of rotatable bonds is 9. The van der Waals surface area contributed by atoms with Gasteiger partial charge in [-0.15, -0.1) is 0 Å². The van der Waals surface area contributed by atoms with Crippen molar-refractivity contribution in [3.63, 3.8) is 0 Å². The van der Waals surface area contributed by atoms with Gasteiger partial charge in [0, 0.05) is 30.7 Å². The lowest BCUT2D eigenvalue weighted by Gasteiger charge is -2.18. The Labute approximate surface area is 200 Å². The Balaban J connectivity index is 0.000000240. The normalized spacial score (nSPS) is 18.9. The van der Waals surface area contributed by atoms with Crippen LogP contribution in [0.25, 0.3) is 0 Å². The summed E-state index contributed by atoms with van der Waals surface area (Å²) in [6.07, 6.45) is -1.20. The minimum atomic E-state index is -4.40. The van der Waals surface area contributed by atoms with Crippen molar-refractivity contribution in [2.45, 2.75) is 65.0 Å². The second-order valence-electron chi connectivity index (χ2n) is 9.02. The molecule has 4 nitrogen and oxygen atoms in total. The number of nitrogens with one attached hydrogen (secondary N) is 1. The largest absolute Gasteiger partial charge is 0.508 e. The highest BCUT2D eigenvalue weighted by atomic mass is 19.4. The molecule has 0 amide bonds. The smallest absolute Gasteiger partial charge is 0.416 e. The number of phenolic OH excluding ortho intramolecular Hbond substituents is 1. The Kier molecular flexibility index (Phi) is 9.98. The molecule has 2 aromatic rings. The highest BCUT2D eigenvalue weighted by molar-refractivity contribution is 5.79. The third-order valence-electron chi connectivity index (χ3n) is 6.34. The van der Waals surface area contributed by atoms with Gasteiger partial charge in [-0.3, -0.25) is 4.79 Å². The third-order valence-corrected chi connectivity index (χ3v) is 6.34. The maximum Gasteiger partial charge on any atom is 0.416 e. The molecule has 188 valence electrons. The highest BCUT2D eigenvalue weighted by Gasteiger charge is 2.44. The fourth-order valence-electron chi connectivity index (χ4n) is 4.44. The van der Waals surface area contributed by atoms with Crippen LogP contribution in [0.3, 0.4) is 0 Å². The molecule has 1 aliphatic rings. The molecule has 1 saturated carbocycles. The predicted molar refractivity (Wildman–Crippen MR) is 129 cm³/mol. The molecule has 3 N–H and O–H groups in total. The van der Waals surface area contributed by atoms with Crippen LogP contribution in [0.5, 0.6) is 5.75 Å². The lowest BCUT2D eigenvalue weighted by atomic mass is 9.91. The van der Waals surface area contributed by atoms with Crippen LogP contribution in [0.1, 0.15) is 75.5 Å². The zero-order chi connectivity index (χ0) is 25.5. The number of aliphatic hydroxyl groups excluding tert-OH is 1. The summed E-state index contributed by atoms with van der Waals surface area (Å²) in [4.78, 5) is 11.6. The Morgan fingerprint density at radius 2 is 1.79 bits per heavy atom. The average molecular weight is 480 g/mol. The summed E-state index contributed by atoms with van der Waals surface area (Å²) in [6.45, 7) is 7.49. The van der Waals surface area contributed by atoms with E-state index in [0.717, 1.165) is 25.3 Å². The van der Waals surface area contributed by atoms with E-state index < -0.39 is 17.7 Å². The topological polar surface area (TPSA) is 69.6 Å². The van der Waals surface area contributed by atoms with E-state index in [1.807, 2.05) is 19.1 Å². The van der Waals surface area contributed by atoms with Gasteiger partial charge in [0.25, 0.3) is 0 Å². The number of hydrogen-bond acceptors (Lipinski definition) is 4. The van der Waals surface area contributed by atoms with Crippen LogP contribution in [0.2, 0.25) is 0 Å². The van der Waals surface area contributed by atoms with E-state index in [0.29, 0.717) is 35.6 Å². The van der Waals surface area contributed by atoms with Crippen molar-refractivity contribution in [3.8, 4) is 5.75 Å². The lowest BCUT2D eigenvalue weighted by molar-refractivity contribution is -0.138. The standard InChI is InChI=1S/C15H20O2.C12H16F3NO/c1-3-4-13(10(2)16)15-9-14(15)11-5-7-12(17)8-6-11;1-3-16-9-4-5-10(8(2)7-17)11(6-9)12(13,14)15/h5-8,13-15,17H,3-4,9H2,1-2H3;4-6,8,16-17H,3,7H2,1-2H3. The van der Waals surface area contributed by atoms with E-state index in [2.05, 4.69) is 12.2 Å². The third kappa shape index (κ3) is 7.49. The summed E-state index contributed by atoms with van der Waals surface area (Å²) in [6, 6.07) is 11.5. The Morgan fingerprint density at radius 3 is 2.29 bits per heavy atom. The summed E-state index contributed by atoms with van der Waals surface area (Å²) < 4.78 is 38.6. The molecule has 2 aromatic carbocycles. The van der Waals surface area contributed by atoms with Crippen molar-refractivity contribution in [2.24, 2.45) is 11.8 Å². The molecule has 0 aliphatic heterocycles. The molecule has 3 rings (SSSR count). The van der Waals surface area contributed by atoms with Crippen LogP contribution in [0.4, 0.5) is 18.9 Å². The van der Waals surface area contributed by atoms with Gasteiger partial charge >= 0.3 is 6.18 Å². The number of carbonyl (C=O) groups excluding carboxylic acids is 1. The van der Waals surface area contributed by atoms with E-state index >= 15 is 0 Å². The van der Waals surface area contributed by atoms with Crippen LogP contribution in [-0.4, -0.2) is 29.1 Å². The number of halogens is 3. The summed E-state index contributed by atoms with van der Waals surface area (Å²) in [5.41, 5.74) is 1.14. The molecule has 1 aliphatic carbocycles. The fourth-order valence-corrected chi connectivity index (χ4v) is 4.44. The Bertz CT molecular complexity index is 928. The summed E-state index contributed by atoms with van der Waals surface area (Å²) >= 11 is 0. The molecular weight excluding hydrogens is 443 g/mol. The summed E-state index contributed by atoms with van der Waals surface area (Å²) in [5, 5.41) is 21.1. The van der Waals surface area contributed by atoms with E-state index in [9.17, 15) is 23.1 Å². The van der Waals surface area contributed by atoms with Crippen molar-refractivity contribution in [2.75, 3.05) is 18.5 Å². The van der Waals surface area contributed by atoms with Gasteiger partial charge in [0.15, 0.2) is 0 Å².